The van der Waals surface area contributed by atoms with Crippen molar-refractivity contribution in [1.29, 1.82) is 0 Å². The molecule has 1 atom stereocenters. The quantitative estimate of drug-likeness (QED) is 0.825. The predicted molar refractivity (Wildman–Crippen MR) is 79.9 cm³/mol. The van der Waals surface area contributed by atoms with E-state index in [9.17, 15) is 4.79 Å². The Morgan fingerprint density at radius 1 is 1.42 bits per heavy atom. The summed E-state index contributed by atoms with van der Waals surface area (Å²) in [6.45, 7) is 3.35. The van der Waals surface area contributed by atoms with Gasteiger partial charge in [-0.1, -0.05) is 23.2 Å². The monoisotopic (exact) mass is 301 g/mol. The number of nitrogens with two attached hydrogens (primary N) is 1. The van der Waals surface area contributed by atoms with Crippen molar-refractivity contribution in [2.45, 2.75) is 13.3 Å². The second-order valence-electron chi connectivity index (χ2n) is 5.14. The van der Waals surface area contributed by atoms with Gasteiger partial charge in [0.2, 0.25) is 5.91 Å². The number of carbonyl (C=O) groups is 1. The number of rotatable bonds is 2. The molecule has 0 aromatic heterocycles. The molecule has 4 nitrogen and oxygen atoms in total. The topological polar surface area (TPSA) is 58.4 Å². The molecule has 104 valence electrons. The third kappa shape index (κ3) is 2.60. The first-order valence-electron chi connectivity index (χ1n) is 6.09. The van der Waals surface area contributed by atoms with Crippen LogP contribution in [0.15, 0.2) is 12.1 Å². The lowest BCUT2D eigenvalue weighted by Gasteiger charge is -2.25. The molecule has 0 saturated carbocycles. The number of nitrogen functional groups attached to an aromatic ring is 1. The van der Waals surface area contributed by atoms with Crippen LogP contribution in [0.1, 0.15) is 13.3 Å². The number of hydrogen-bond donors (Lipinski definition) is 2. The number of amides is 1. The number of nitrogens with one attached hydrogen (secondary N) is 1. The molecule has 0 aliphatic carbocycles. The third-order valence-electron chi connectivity index (χ3n) is 3.66. The van der Waals surface area contributed by atoms with E-state index in [2.05, 4.69) is 10.2 Å². The highest BCUT2D eigenvalue weighted by atomic mass is 35.5. The molecule has 6 heteroatoms. The minimum absolute atomic E-state index is 0.0497. The van der Waals surface area contributed by atoms with E-state index in [0.29, 0.717) is 22.3 Å². The van der Waals surface area contributed by atoms with Crippen LogP contribution in [0.5, 0.6) is 0 Å². The number of nitrogens with zero attached hydrogens (tertiary/aromatic N) is 1. The van der Waals surface area contributed by atoms with Gasteiger partial charge < -0.3 is 16.0 Å². The summed E-state index contributed by atoms with van der Waals surface area (Å²) in [4.78, 5) is 14.0. The molecular formula is C13H17Cl2N3O. The maximum atomic E-state index is 11.9. The van der Waals surface area contributed by atoms with E-state index in [1.165, 1.54) is 0 Å². The third-order valence-corrected chi connectivity index (χ3v) is 4.38. The summed E-state index contributed by atoms with van der Waals surface area (Å²) in [6.07, 6.45) is 0.784. The first-order chi connectivity index (χ1) is 8.87. The van der Waals surface area contributed by atoms with Gasteiger partial charge in [0.05, 0.1) is 26.8 Å². The molecule has 1 unspecified atom stereocenters. The van der Waals surface area contributed by atoms with Crippen LogP contribution in [-0.4, -0.2) is 26.0 Å². The van der Waals surface area contributed by atoms with E-state index < -0.39 is 5.41 Å². The fraction of sp³-hybridized carbons (Fsp3) is 0.462. The smallest absolute Gasteiger partial charge is 0.227 e. The zero-order valence-electron chi connectivity index (χ0n) is 11.0. The number of halogens is 2. The van der Waals surface area contributed by atoms with Crippen LogP contribution in [-0.2, 0) is 4.79 Å². The fourth-order valence-corrected chi connectivity index (χ4v) is 2.81. The van der Waals surface area contributed by atoms with Crippen LogP contribution in [0.4, 0.5) is 11.4 Å². The summed E-state index contributed by atoms with van der Waals surface area (Å²) in [5.41, 5.74) is 7.00. The first-order valence-corrected chi connectivity index (χ1v) is 6.84. The average Bonchev–Trinajstić information content (AvgIpc) is 2.76. The summed E-state index contributed by atoms with van der Waals surface area (Å²) in [6, 6.07) is 3.41. The summed E-state index contributed by atoms with van der Waals surface area (Å²) < 4.78 is 0. The van der Waals surface area contributed by atoms with Gasteiger partial charge in [-0.15, -0.1) is 0 Å². The van der Waals surface area contributed by atoms with Gasteiger partial charge in [-0.05, 0) is 25.5 Å². The second-order valence-corrected chi connectivity index (χ2v) is 5.95. The van der Waals surface area contributed by atoms with E-state index in [4.69, 9.17) is 28.9 Å². The van der Waals surface area contributed by atoms with E-state index in [-0.39, 0.29) is 5.91 Å². The maximum absolute atomic E-state index is 11.9. The molecule has 3 N–H and O–H groups in total. The molecule has 1 saturated heterocycles. The predicted octanol–water partition coefficient (Wildman–Crippen LogP) is 2.54. The molecule has 0 bridgehead atoms. The molecular weight excluding hydrogens is 285 g/mol. The second kappa shape index (κ2) is 5.10. The standard InChI is InChI=1S/C13H17Cl2N3O/c1-13(12(19)17-2)3-4-18(7-13)11-6-9(15)8(14)5-10(11)16/h5-6H,3-4,7,16H2,1-2H3,(H,17,19). The van der Waals surface area contributed by atoms with Crippen LogP contribution in [0, 0.1) is 5.41 Å². The minimum atomic E-state index is -0.396. The molecule has 19 heavy (non-hydrogen) atoms. The molecule has 1 aliphatic rings. The molecule has 0 radical (unpaired) electrons. The van der Waals surface area contributed by atoms with Crippen molar-refractivity contribution >= 4 is 40.5 Å². The SMILES string of the molecule is CNC(=O)C1(C)CCN(c2cc(Cl)c(Cl)cc2N)C1. The Kier molecular flexibility index (Phi) is 3.83. The summed E-state index contributed by atoms with van der Waals surface area (Å²) >= 11 is 12.0. The molecule has 1 aromatic rings. The van der Waals surface area contributed by atoms with Crippen molar-refractivity contribution in [2.75, 3.05) is 30.8 Å². The van der Waals surface area contributed by atoms with Crippen LogP contribution >= 0.6 is 23.2 Å². The van der Waals surface area contributed by atoms with Crippen LogP contribution in [0.2, 0.25) is 10.0 Å². The Morgan fingerprint density at radius 2 is 2.05 bits per heavy atom. The Bertz CT molecular complexity index is 521. The van der Waals surface area contributed by atoms with Gasteiger partial charge in [-0.25, -0.2) is 0 Å². The lowest BCUT2D eigenvalue weighted by molar-refractivity contribution is -0.128. The normalized spacial score (nSPS) is 22.6. The van der Waals surface area contributed by atoms with Gasteiger partial charge in [-0.3, -0.25) is 4.79 Å². The van der Waals surface area contributed by atoms with E-state index in [1.54, 1.807) is 19.2 Å². The van der Waals surface area contributed by atoms with Crippen molar-refractivity contribution < 1.29 is 4.79 Å². The van der Waals surface area contributed by atoms with Gasteiger partial charge >= 0.3 is 0 Å². The first kappa shape index (κ1) is 14.3. The number of anilines is 2. The van der Waals surface area contributed by atoms with Crippen molar-refractivity contribution in [3.05, 3.63) is 22.2 Å². The minimum Gasteiger partial charge on any atom is -0.397 e. The lowest BCUT2D eigenvalue weighted by Crippen LogP contribution is -2.39. The Labute approximate surface area is 122 Å². The van der Waals surface area contributed by atoms with E-state index in [0.717, 1.165) is 18.7 Å². The summed E-state index contributed by atoms with van der Waals surface area (Å²) in [5.74, 6) is 0.0497. The van der Waals surface area contributed by atoms with Gasteiger partial charge in [0.25, 0.3) is 0 Å². The van der Waals surface area contributed by atoms with Gasteiger partial charge in [0.15, 0.2) is 0 Å². The molecule has 1 fully saturated rings. The highest BCUT2D eigenvalue weighted by Gasteiger charge is 2.40. The molecule has 1 aliphatic heterocycles. The van der Waals surface area contributed by atoms with Crippen LogP contribution in [0.3, 0.4) is 0 Å². The highest BCUT2D eigenvalue weighted by Crippen LogP contribution is 2.39. The number of hydrogen-bond acceptors (Lipinski definition) is 3. The van der Waals surface area contributed by atoms with E-state index >= 15 is 0 Å². The Hall–Kier alpha value is -1.13. The largest absolute Gasteiger partial charge is 0.397 e. The Balaban J connectivity index is 2.26. The van der Waals surface area contributed by atoms with Crippen LogP contribution < -0.4 is 16.0 Å². The van der Waals surface area contributed by atoms with Crippen molar-refractivity contribution in [2.24, 2.45) is 5.41 Å². The van der Waals surface area contributed by atoms with Gasteiger partial charge in [0.1, 0.15) is 0 Å². The van der Waals surface area contributed by atoms with Crippen molar-refractivity contribution in [3.63, 3.8) is 0 Å². The zero-order valence-corrected chi connectivity index (χ0v) is 12.5. The van der Waals surface area contributed by atoms with Crippen LogP contribution in [0.25, 0.3) is 0 Å². The fourth-order valence-electron chi connectivity index (χ4n) is 2.48. The summed E-state index contributed by atoms with van der Waals surface area (Å²) in [7, 11) is 1.66. The highest BCUT2D eigenvalue weighted by molar-refractivity contribution is 6.42. The molecule has 1 aromatic carbocycles. The maximum Gasteiger partial charge on any atom is 0.227 e. The molecule has 0 spiro atoms. The Morgan fingerprint density at radius 3 is 2.68 bits per heavy atom. The number of carbonyl (C=O) groups excluding carboxylic acids is 1. The van der Waals surface area contributed by atoms with Gasteiger partial charge in [-0.2, -0.15) is 0 Å². The molecule has 2 rings (SSSR count). The van der Waals surface area contributed by atoms with Gasteiger partial charge in [0, 0.05) is 20.1 Å². The average molecular weight is 302 g/mol. The number of benzene rings is 1. The van der Waals surface area contributed by atoms with Crippen molar-refractivity contribution in [1.82, 2.24) is 5.32 Å². The van der Waals surface area contributed by atoms with E-state index in [1.807, 2.05) is 6.92 Å². The zero-order chi connectivity index (χ0) is 14.2. The van der Waals surface area contributed by atoms with Crippen molar-refractivity contribution in [3.8, 4) is 0 Å². The molecule has 1 heterocycles. The lowest BCUT2D eigenvalue weighted by atomic mass is 9.89. The molecule has 1 amide bonds. The summed E-state index contributed by atoms with van der Waals surface area (Å²) in [5, 5.41) is 3.62.